The maximum atomic E-state index is 13.7. The Hall–Kier alpha value is -3.04. The lowest BCUT2D eigenvalue weighted by molar-refractivity contribution is -0.137. The SMILES string of the molecule is CC(Sc1ccc(NC(=O)c2ccccc2F)cc1)C(=O)Nc1cc(C(F)(F)F)ccc1Cl. The predicted molar refractivity (Wildman–Crippen MR) is 121 cm³/mol. The highest BCUT2D eigenvalue weighted by atomic mass is 35.5. The van der Waals surface area contributed by atoms with Crippen LogP contribution in [0.15, 0.2) is 71.6 Å². The Bertz CT molecular complexity index is 1170. The van der Waals surface area contributed by atoms with Gasteiger partial charge in [0.25, 0.3) is 5.91 Å². The fraction of sp³-hybridized carbons (Fsp3) is 0.130. The zero-order valence-corrected chi connectivity index (χ0v) is 18.6. The highest BCUT2D eigenvalue weighted by Gasteiger charge is 2.31. The van der Waals surface area contributed by atoms with Crippen LogP contribution in [-0.2, 0) is 11.0 Å². The van der Waals surface area contributed by atoms with E-state index in [1.54, 1.807) is 37.3 Å². The standard InChI is InChI=1S/C23H17ClF4N2O2S/c1-13(21(31)30-20-12-14(23(26,27)28)6-11-18(20)24)33-16-9-7-15(8-10-16)29-22(32)17-4-2-3-5-19(17)25/h2-13H,1H3,(H,29,32)(H,30,31). The summed E-state index contributed by atoms with van der Waals surface area (Å²) in [5.74, 6) is -1.76. The fourth-order valence-corrected chi connectivity index (χ4v) is 3.78. The van der Waals surface area contributed by atoms with Gasteiger partial charge in [-0.05, 0) is 61.5 Å². The second kappa shape index (κ2) is 10.3. The first-order valence-electron chi connectivity index (χ1n) is 9.55. The Labute approximate surface area is 196 Å². The van der Waals surface area contributed by atoms with E-state index in [4.69, 9.17) is 11.6 Å². The molecule has 0 aromatic heterocycles. The molecule has 10 heteroatoms. The van der Waals surface area contributed by atoms with Gasteiger partial charge in [-0.15, -0.1) is 11.8 Å². The smallest absolute Gasteiger partial charge is 0.324 e. The number of hydrogen-bond acceptors (Lipinski definition) is 3. The first-order chi connectivity index (χ1) is 15.5. The number of benzene rings is 3. The first-order valence-corrected chi connectivity index (χ1v) is 10.8. The van der Waals surface area contributed by atoms with Crippen molar-refractivity contribution in [2.45, 2.75) is 23.2 Å². The van der Waals surface area contributed by atoms with Crippen LogP contribution in [0.5, 0.6) is 0 Å². The van der Waals surface area contributed by atoms with Crippen molar-refractivity contribution in [3.05, 3.63) is 88.7 Å². The number of nitrogens with one attached hydrogen (secondary N) is 2. The monoisotopic (exact) mass is 496 g/mol. The average molecular weight is 497 g/mol. The minimum Gasteiger partial charge on any atom is -0.324 e. The lowest BCUT2D eigenvalue weighted by Crippen LogP contribution is -2.23. The van der Waals surface area contributed by atoms with Crippen molar-refractivity contribution >= 4 is 46.6 Å². The third kappa shape index (κ3) is 6.49. The van der Waals surface area contributed by atoms with Crippen LogP contribution >= 0.6 is 23.4 Å². The molecule has 0 saturated heterocycles. The van der Waals surface area contributed by atoms with Gasteiger partial charge in [0.2, 0.25) is 5.91 Å². The van der Waals surface area contributed by atoms with Gasteiger partial charge in [0.15, 0.2) is 0 Å². The molecule has 3 aromatic carbocycles. The number of amides is 2. The summed E-state index contributed by atoms with van der Waals surface area (Å²) < 4.78 is 52.4. The maximum absolute atomic E-state index is 13.7. The molecule has 0 aliphatic carbocycles. The molecular formula is C23H17ClF4N2O2S. The van der Waals surface area contributed by atoms with Gasteiger partial charge < -0.3 is 10.6 Å². The van der Waals surface area contributed by atoms with E-state index in [-0.39, 0.29) is 16.3 Å². The Morgan fingerprint density at radius 2 is 1.64 bits per heavy atom. The van der Waals surface area contributed by atoms with Crippen LogP contribution in [0.2, 0.25) is 5.02 Å². The van der Waals surface area contributed by atoms with Crippen molar-refractivity contribution in [2.24, 2.45) is 0 Å². The Kier molecular flexibility index (Phi) is 7.65. The minimum atomic E-state index is -4.56. The van der Waals surface area contributed by atoms with E-state index in [0.29, 0.717) is 10.6 Å². The molecule has 1 unspecified atom stereocenters. The molecule has 0 spiro atoms. The van der Waals surface area contributed by atoms with Crippen LogP contribution in [0.1, 0.15) is 22.8 Å². The zero-order valence-electron chi connectivity index (χ0n) is 17.0. The molecule has 0 heterocycles. The molecule has 0 aliphatic heterocycles. The number of alkyl halides is 3. The molecule has 0 fully saturated rings. The van der Waals surface area contributed by atoms with E-state index in [1.165, 1.54) is 18.2 Å². The van der Waals surface area contributed by atoms with Gasteiger partial charge in [-0.3, -0.25) is 9.59 Å². The summed E-state index contributed by atoms with van der Waals surface area (Å²) in [4.78, 5) is 25.3. The molecule has 3 rings (SSSR count). The molecular weight excluding hydrogens is 480 g/mol. The lowest BCUT2D eigenvalue weighted by Gasteiger charge is -2.15. The summed E-state index contributed by atoms with van der Waals surface area (Å²) in [6.45, 7) is 1.59. The van der Waals surface area contributed by atoms with E-state index >= 15 is 0 Å². The van der Waals surface area contributed by atoms with Crippen LogP contribution < -0.4 is 10.6 Å². The quantitative estimate of drug-likeness (QED) is 0.289. The van der Waals surface area contributed by atoms with Crippen LogP contribution in [0.3, 0.4) is 0 Å². The third-order valence-corrected chi connectivity index (χ3v) is 5.91. The molecule has 1 atom stereocenters. The third-order valence-electron chi connectivity index (χ3n) is 4.46. The minimum absolute atomic E-state index is 0.0107. The largest absolute Gasteiger partial charge is 0.416 e. The van der Waals surface area contributed by atoms with Gasteiger partial charge in [-0.25, -0.2) is 4.39 Å². The van der Waals surface area contributed by atoms with Crippen molar-refractivity contribution in [2.75, 3.05) is 10.6 Å². The zero-order chi connectivity index (χ0) is 24.2. The van der Waals surface area contributed by atoms with Crippen molar-refractivity contribution in [1.29, 1.82) is 0 Å². The van der Waals surface area contributed by atoms with Gasteiger partial charge in [-0.1, -0.05) is 23.7 Å². The van der Waals surface area contributed by atoms with E-state index in [2.05, 4.69) is 10.6 Å². The van der Waals surface area contributed by atoms with Gasteiger partial charge in [0.05, 0.1) is 27.1 Å². The van der Waals surface area contributed by atoms with Crippen LogP contribution in [0, 0.1) is 5.82 Å². The van der Waals surface area contributed by atoms with Crippen LogP contribution in [0.25, 0.3) is 0 Å². The van der Waals surface area contributed by atoms with E-state index < -0.39 is 34.6 Å². The van der Waals surface area contributed by atoms with Crippen molar-refractivity contribution in [3.63, 3.8) is 0 Å². The molecule has 2 amide bonds. The number of carbonyl (C=O) groups is 2. The molecule has 0 aliphatic rings. The summed E-state index contributed by atoms with van der Waals surface area (Å²) in [6.07, 6.45) is -4.56. The molecule has 172 valence electrons. The second-order valence-corrected chi connectivity index (χ2v) is 8.72. The number of carbonyl (C=O) groups excluding carboxylic acids is 2. The molecule has 0 saturated carbocycles. The molecule has 4 nitrogen and oxygen atoms in total. The van der Waals surface area contributed by atoms with Gasteiger partial charge in [0, 0.05) is 10.6 Å². The molecule has 2 N–H and O–H groups in total. The summed E-state index contributed by atoms with van der Waals surface area (Å²) in [7, 11) is 0. The van der Waals surface area contributed by atoms with Gasteiger partial charge in [0.1, 0.15) is 5.82 Å². The summed E-state index contributed by atoms with van der Waals surface area (Å²) in [5, 5.41) is 4.34. The van der Waals surface area contributed by atoms with Crippen molar-refractivity contribution < 1.29 is 27.2 Å². The van der Waals surface area contributed by atoms with E-state index in [1.807, 2.05) is 0 Å². The molecule has 3 aromatic rings. The summed E-state index contributed by atoms with van der Waals surface area (Å²) >= 11 is 7.08. The second-order valence-electron chi connectivity index (χ2n) is 6.90. The normalized spacial score (nSPS) is 12.2. The van der Waals surface area contributed by atoms with Crippen molar-refractivity contribution in [3.8, 4) is 0 Å². The van der Waals surface area contributed by atoms with E-state index in [0.717, 1.165) is 30.0 Å². The maximum Gasteiger partial charge on any atom is 0.416 e. The first kappa shape index (κ1) is 24.6. The highest BCUT2D eigenvalue weighted by molar-refractivity contribution is 8.00. The van der Waals surface area contributed by atoms with Crippen LogP contribution in [0.4, 0.5) is 28.9 Å². The fourth-order valence-electron chi connectivity index (χ4n) is 2.75. The number of halogens is 5. The average Bonchev–Trinajstić information content (AvgIpc) is 2.76. The van der Waals surface area contributed by atoms with Gasteiger partial charge in [-0.2, -0.15) is 13.2 Å². The summed E-state index contributed by atoms with van der Waals surface area (Å²) in [5.41, 5.74) is -0.708. The molecule has 33 heavy (non-hydrogen) atoms. The van der Waals surface area contributed by atoms with Crippen LogP contribution in [-0.4, -0.2) is 17.1 Å². The topological polar surface area (TPSA) is 58.2 Å². The summed E-state index contributed by atoms with van der Waals surface area (Å²) in [6, 6.07) is 14.8. The Morgan fingerprint density at radius 1 is 0.970 bits per heavy atom. The number of rotatable bonds is 6. The van der Waals surface area contributed by atoms with Gasteiger partial charge >= 0.3 is 6.18 Å². The Balaban J connectivity index is 1.61. The number of thioether (sulfide) groups is 1. The number of hydrogen-bond donors (Lipinski definition) is 2. The highest BCUT2D eigenvalue weighted by Crippen LogP contribution is 2.34. The molecule has 0 radical (unpaired) electrons. The molecule has 0 bridgehead atoms. The number of anilines is 2. The Morgan fingerprint density at radius 3 is 2.27 bits per heavy atom. The lowest BCUT2D eigenvalue weighted by atomic mass is 10.2. The predicted octanol–water partition coefficient (Wildman–Crippen LogP) is 6.87. The van der Waals surface area contributed by atoms with E-state index in [9.17, 15) is 27.2 Å². The van der Waals surface area contributed by atoms with Crippen molar-refractivity contribution in [1.82, 2.24) is 0 Å².